The van der Waals surface area contributed by atoms with E-state index in [1.165, 1.54) is 0 Å². The molecule has 1 heterocycles. The molecule has 0 atom stereocenters. The third kappa shape index (κ3) is 3.10. The van der Waals surface area contributed by atoms with E-state index in [4.69, 9.17) is 0 Å². The highest BCUT2D eigenvalue weighted by atomic mass is 16.1. The SMILES string of the molecule is CC(C)CC(=O)c1ccccc1N1CCNCC1. The van der Waals surface area contributed by atoms with Crippen molar-refractivity contribution in [1.82, 2.24) is 5.32 Å². The van der Waals surface area contributed by atoms with Gasteiger partial charge >= 0.3 is 0 Å². The Morgan fingerprint density at radius 1 is 1.28 bits per heavy atom. The van der Waals surface area contributed by atoms with E-state index in [0.717, 1.165) is 37.4 Å². The van der Waals surface area contributed by atoms with E-state index in [1.54, 1.807) is 0 Å². The van der Waals surface area contributed by atoms with Crippen LogP contribution in [-0.2, 0) is 0 Å². The van der Waals surface area contributed by atoms with Gasteiger partial charge in [0, 0.05) is 43.9 Å². The van der Waals surface area contributed by atoms with Crippen LogP contribution < -0.4 is 10.2 Å². The van der Waals surface area contributed by atoms with Gasteiger partial charge in [-0.2, -0.15) is 0 Å². The Hall–Kier alpha value is -1.35. The molecule has 2 rings (SSSR count). The molecule has 1 N–H and O–H groups in total. The molecule has 18 heavy (non-hydrogen) atoms. The molecule has 0 aromatic heterocycles. The van der Waals surface area contributed by atoms with Gasteiger partial charge < -0.3 is 10.2 Å². The minimum Gasteiger partial charge on any atom is -0.368 e. The van der Waals surface area contributed by atoms with Crippen molar-refractivity contribution in [3.8, 4) is 0 Å². The smallest absolute Gasteiger partial charge is 0.165 e. The lowest BCUT2D eigenvalue weighted by atomic mass is 9.99. The molecule has 1 saturated heterocycles. The first kappa shape index (κ1) is 13.1. The number of carbonyl (C=O) groups is 1. The van der Waals surface area contributed by atoms with Crippen molar-refractivity contribution in [2.75, 3.05) is 31.1 Å². The molecule has 0 radical (unpaired) electrons. The van der Waals surface area contributed by atoms with E-state index in [9.17, 15) is 4.79 Å². The average molecular weight is 246 g/mol. The summed E-state index contributed by atoms with van der Waals surface area (Å²) in [6.45, 7) is 8.12. The first-order valence-corrected chi connectivity index (χ1v) is 6.76. The standard InChI is InChI=1S/C15H22N2O/c1-12(2)11-15(18)13-5-3-4-6-14(13)17-9-7-16-8-10-17/h3-6,12,16H,7-11H2,1-2H3. The van der Waals surface area contributed by atoms with Gasteiger partial charge in [0.1, 0.15) is 0 Å². The molecular formula is C15H22N2O. The maximum atomic E-state index is 12.3. The Bertz CT molecular complexity index is 409. The Balaban J connectivity index is 2.21. The molecule has 1 aromatic rings. The molecule has 0 unspecified atom stereocenters. The van der Waals surface area contributed by atoms with E-state index in [-0.39, 0.29) is 5.78 Å². The van der Waals surface area contributed by atoms with Crippen molar-refractivity contribution in [1.29, 1.82) is 0 Å². The first-order chi connectivity index (χ1) is 8.68. The molecular weight excluding hydrogens is 224 g/mol. The van der Waals surface area contributed by atoms with Gasteiger partial charge in [-0.15, -0.1) is 0 Å². The Morgan fingerprint density at radius 2 is 1.94 bits per heavy atom. The Labute approximate surface area is 109 Å². The number of ketones is 1. The van der Waals surface area contributed by atoms with Crippen molar-refractivity contribution >= 4 is 11.5 Å². The number of para-hydroxylation sites is 1. The summed E-state index contributed by atoms with van der Waals surface area (Å²) in [5.74, 6) is 0.674. The van der Waals surface area contributed by atoms with Crippen LogP contribution in [0.1, 0.15) is 30.6 Å². The number of anilines is 1. The van der Waals surface area contributed by atoms with Crippen LogP contribution in [0.25, 0.3) is 0 Å². The fourth-order valence-corrected chi connectivity index (χ4v) is 2.37. The minimum absolute atomic E-state index is 0.263. The Morgan fingerprint density at radius 3 is 2.61 bits per heavy atom. The van der Waals surface area contributed by atoms with E-state index >= 15 is 0 Å². The van der Waals surface area contributed by atoms with Gasteiger partial charge in [-0.1, -0.05) is 26.0 Å². The molecule has 1 aromatic carbocycles. The van der Waals surface area contributed by atoms with Crippen molar-refractivity contribution in [3.05, 3.63) is 29.8 Å². The van der Waals surface area contributed by atoms with Gasteiger partial charge in [-0.3, -0.25) is 4.79 Å². The predicted molar refractivity (Wildman–Crippen MR) is 75.3 cm³/mol. The number of nitrogens with zero attached hydrogens (tertiary/aromatic N) is 1. The third-order valence-electron chi connectivity index (χ3n) is 3.26. The van der Waals surface area contributed by atoms with Crippen LogP contribution in [0.4, 0.5) is 5.69 Å². The van der Waals surface area contributed by atoms with E-state index in [1.807, 2.05) is 18.2 Å². The van der Waals surface area contributed by atoms with Crippen molar-refractivity contribution < 1.29 is 4.79 Å². The molecule has 3 heteroatoms. The molecule has 3 nitrogen and oxygen atoms in total. The number of carbonyl (C=O) groups excluding carboxylic acids is 1. The normalized spacial score (nSPS) is 16.1. The summed E-state index contributed by atoms with van der Waals surface area (Å²) in [5, 5.41) is 3.34. The number of Topliss-reactive ketones (excluding diaryl/α,β-unsaturated/α-hetero) is 1. The van der Waals surface area contributed by atoms with Gasteiger partial charge in [-0.25, -0.2) is 0 Å². The van der Waals surface area contributed by atoms with E-state index in [0.29, 0.717) is 12.3 Å². The number of nitrogens with one attached hydrogen (secondary N) is 1. The molecule has 1 aliphatic heterocycles. The largest absolute Gasteiger partial charge is 0.368 e. The predicted octanol–water partition coefficient (Wildman–Crippen LogP) is 2.33. The quantitative estimate of drug-likeness (QED) is 0.828. The molecule has 1 fully saturated rings. The number of piperazine rings is 1. The van der Waals surface area contributed by atoms with Gasteiger partial charge in [0.2, 0.25) is 0 Å². The molecule has 1 aliphatic rings. The van der Waals surface area contributed by atoms with Gasteiger partial charge in [0.25, 0.3) is 0 Å². The van der Waals surface area contributed by atoms with Crippen LogP contribution in [0.2, 0.25) is 0 Å². The average Bonchev–Trinajstić information content (AvgIpc) is 2.39. The minimum atomic E-state index is 0.263. The highest BCUT2D eigenvalue weighted by Gasteiger charge is 2.18. The second-order valence-electron chi connectivity index (χ2n) is 5.28. The second-order valence-corrected chi connectivity index (χ2v) is 5.28. The summed E-state index contributed by atoms with van der Waals surface area (Å²) in [4.78, 5) is 14.6. The molecule has 0 spiro atoms. The summed E-state index contributed by atoms with van der Waals surface area (Å²) in [5.41, 5.74) is 1.98. The highest BCUT2D eigenvalue weighted by molar-refractivity contribution is 6.01. The van der Waals surface area contributed by atoms with Crippen molar-refractivity contribution in [2.45, 2.75) is 20.3 Å². The number of hydrogen-bond donors (Lipinski definition) is 1. The molecule has 0 saturated carbocycles. The topological polar surface area (TPSA) is 32.3 Å². The summed E-state index contributed by atoms with van der Waals surface area (Å²) in [7, 11) is 0. The maximum absolute atomic E-state index is 12.3. The Kier molecular flexibility index (Phi) is 4.37. The van der Waals surface area contributed by atoms with Crippen LogP contribution in [-0.4, -0.2) is 32.0 Å². The van der Waals surface area contributed by atoms with Crippen LogP contribution in [0.5, 0.6) is 0 Å². The maximum Gasteiger partial charge on any atom is 0.165 e. The zero-order chi connectivity index (χ0) is 13.0. The first-order valence-electron chi connectivity index (χ1n) is 6.76. The van der Waals surface area contributed by atoms with Crippen molar-refractivity contribution in [3.63, 3.8) is 0 Å². The molecule has 0 aliphatic carbocycles. The fraction of sp³-hybridized carbons (Fsp3) is 0.533. The lowest BCUT2D eigenvalue weighted by Gasteiger charge is -2.31. The summed E-state index contributed by atoms with van der Waals surface area (Å²) in [6.07, 6.45) is 0.628. The van der Waals surface area contributed by atoms with Gasteiger partial charge in [-0.05, 0) is 18.1 Å². The van der Waals surface area contributed by atoms with E-state index in [2.05, 4.69) is 30.1 Å². The molecule has 98 valence electrons. The lowest BCUT2D eigenvalue weighted by molar-refractivity contribution is 0.0968. The van der Waals surface area contributed by atoms with Gasteiger partial charge in [0.05, 0.1) is 0 Å². The second kappa shape index (κ2) is 6.01. The third-order valence-corrected chi connectivity index (χ3v) is 3.26. The summed E-state index contributed by atoms with van der Waals surface area (Å²) < 4.78 is 0. The number of rotatable bonds is 4. The van der Waals surface area contributed by atoms with Crippen molar-refractivity contribution in [2.24, 2.45) is 5.92 Å². The van der Waals surface area contributed by atoms with Crippen LogP contribution in [0, 0.1) is 5.92 Å². The molecule has 0 amide bonds. The number of benzene rings is 1. The van der Waals surface area contributed by atoms with Crippen LogP contribution in [0.3, 0.4) is 0 Å². The van der Waals surface area contributed by atoms with Crippen LogP contribution >= 0.6 is 0 Å². The fourth-order valence-electron chi connectivity index (χ4n) is 2.37. The summed E-state index contributed by atoms with van der Waals surface area (Å²) in [6, 6.07) is 8.00. The number of hydrogen-bond acceptors (Lipinski definition) is 3. The monoisotopic (exact) mass is 246 g/mol. The summed E-state index contributed by atoms with van der Waals surface area (Å²) >= 11 is 0. The highest BCUT2D eigenvalue weighted by Crippen LogP contribution is 2.23. The molecule has 0 bridgehead atoms. The van der Waals surface area contributed by atoms with Crippen LogP contribution in [0.15, 0.2) is 24.3 Å². The van der Waals surface area contributed by atoms with E-state index < -0.39 is 0 Å². The zero-order valence-electron chi connectivity index (χ0n) is 11.3. The van der Waals surface area contributed by atoms with Gasteiger partial charge in [0.15, 0.2) is 5.78 Å². The lowest BCUT2D eigenvalue weighted by Crippen LogP contribution is -2.44. The zero-order valence-corrected chi connectivity index (χ0v) is 11.3.